The van der Waals surface area contributed by atoms with E-state index in [9.17, 15) is 9.59 Å². The number of hydrogen-bond donors (Lipinski definition) is 1. The molecule has 0 saturated heterocycles. The number of nitrogens with zero attached hydrogens (tertiary/aromatic N) is 4. The molecular formula is C24H22IN5O3. The van der Waals surface area contributed by atoms with E-state index in [4.69, 9.17) is 4.74 Å². The summed E-state index contributed by atoms with van der Waals surface area (Å²) in [5.41, 5.74) is 5.90. The molecule has 2 aromatic heterocycles. The van der Waals surface area contributed by atoms with Gasteiger partial charge in [0, 0.05) is 22.5 Å². The monoisotopic (exact) mass is 555 g/mol. The number of para-hydroxylation sites is 1. The molecule has 0 saturated carbocycles. The van der Waals surface area contributed by atoms with Crippen molar-refractivity contribution < 1.29 is 9.53 Å². The van der Waals surface area contributed by atoms with E-state index >= 15 is 0 Å². The van der Waals surface area contributed by atoms with Crippen molar-refractivity contribution in [2.75, 3.05) is 7.11 Å². The lowest BCUT2D eigenvalue weighted by Gasteiger charge is -2.16. The number of benzene rings is 2. The SMILES string of the molecule is COc1cc(C(=O)NN=Cc2cc(C)n(-n3c(C)nc4ccccc4c3=O)c2C)ccc1I. The van der Waals surface area contributed by atoms with Gasteiger partial charge in [0.2, 0.25) is 0 Å². The van der Waals surface area contributed by atoms with Crippen molar-refractivity contribution in [2.24, 2.45) is 5.10 Å². The number of methoxy groups -OCH3 is 1. The average molecular weight is 555 g/mol. The highest BCUT2D eigenvalue weighted by atomic mass is 127. The molecule has 2 aromatic carbocycles. The van der Waals surface area contributed by atoms with Gasteiger partial charge in [0.05, 0.1) is 27.8 Å². The first kappa shape index (κ1) is 22.7. The Morgan fingerprint density at radius 2 is 1.88 bits per heavy atom. The van der Waals surface area contributed by atoms with Crippen LogP contribution in [0.5, 0.6) is 5.75 Å². The maximum atomic E-state index is 13.2. The lowest BCUT2D eigenvalue weighted by Crippen LogP contribution is -2.30. The standard InChI is InChI=1S/C24H22IN5O3/c1-14-11-18(13-26-28-23(31)17-9-10-20(25)22(12-17)33-4)15(2)29(14)30-16(3)27-21-8-6-5-7-19(21)24(30)32/h5-13H,1-4H3,(H,28,31). The van der Waals surface area contributed by atoms with Crippen LogP contribution >= 0.6 is 22.6 Å². The van der Waals surface area contributed by atoms with E-state index < -0.39 is 0 Å². The molecule has 0 aliphatic rings. The number of aryl methyl sites for hydroxylation is 2. The highest BCUT2D eigenvalue weighted by molar-refractivity contribution is 14.1. The van der Waals surface area contributed by atoms with E-state index in [0.717, 1.165) is 20.5 Å². The predicted molar refractivity (Wildman–Crippen MR) is 136 cm³/mol. The Morgan fingerprint density at radius 1 is 1.12 bits per heavy atom. The van der Waals surface area contributed by atoms with Crippen LogP contribution in [-0.2, 0) is 0 Å². The molecule has 0 unspecified atom stereocenters. The summed E-state index contributed by atoms with van der Waals surface area (Å²) in [5, 5.41) is 4.66. The third kappa shape index (κ3) is 4.28. The quantitative estimate of drug-likeness (QED) is 0.231. The highest BCUT2D eigenvalue weighted by Crippen LogP contribution is 2.22. The van der Waals surface area contributed by atoms with Crippen molar-refractivity contribution in [1.82, 2.24) is 19.8 Å². The van der Waals surface area contributed by atoms with Crippen LogP contribution in [0.25, 0.3) is 10.9 Å². The van der Waals surface area contributed by atoms with Crippen molar-refractivity contribution in [2.45, 2.75) is 20.8 Å². The van der Waals surface area contributed by atoms with Gasteiger partial charge in [-0.2, -0.15) is 9.78 Å². The fraction of sp³-hybridized carbons (Fsp3) is 0.167. The summed E-state index contributed by atoms with van der Waals surface area (Å²) in [6.07, 6.45) is 1.56. The zero-order chi connectivity index (χ0) is 23.7. The van der Waals surface area contributed by atoms with Crippen LogP contribution in [0.15, 0.2) is 58.4 Å². The highest BCUT2D eigenvalue weighted by Gasteiger charge is 2.15. The van der Waals surface area contributed by atoms with Crippen molar-refractivity contribution in [3.05, 3.63) is 90.8 Å². The number of aromatic nitrogens is 3. The van der Waals surface area contributed by atoms with Gasteiger partial charge in [0.1, 0.15) is 11.6 Å². The number of rotatable bonds is 5. The zero-order valence-electron chi connectivity index (χ0n) is 18.6. The van der Waals surface area contributed by atoms with Crippen LogP contribution in [-0.4, -0.2) is 33.6 Å². The molecule has 0 aliphatic carbocycles. The predicted octanol–water partition coefficient (Wildman–Crippen LogP) is 3.81. The lowest BCUT2D eigenvalue weighted by molar-refractivity contribution is 0.0954. The van der Waals surface area contributed by atoms with Gasteiger partial charge in [-0.15, -0.1) is 0 Å². The van der Waals surface area contributed by atoms with E-state index in [2.05, 4.69) is 38.1 Å². The Morgan fingerprint density at radius 3 is 2.64 bits per heavy atom. The molecule has 168 valence electrons. The Labute approximate surface area is 204 Å². The Kier molecular flexibility index (Phi) is 6.32. The molecule has 0 fully saturated rings. The minimum atomic E-state index is -0.347. The average Bonchev–Trinajstić information content (AvgIpc) is 3.07. The summed E-state index contributed by atoms with van der Waals surface area (Å²) in [4.78, 5) is 30.2. The number of nitrogens with one attached hydrogen (secondary N) is 1. The van der Waals surface area contributed by atoms with Gasteiger partial charge in [-0.05, 0) is 79.8 Å². The van der Waals surface area contributed by atoms with Gasteiger partial charge >= 0.3 is 0 Å². The van der Waals surface area contributed by atoms with Gasteiger partial charge < -0.3 is 4.74 Å². The third-order valence-electron chi connectivity index (χ3n) is 5.33. The smallest absolute Gasteiger partial charge is 0.280 e. The van der Waals surface area contributed by atoms with Crippen LogP contribution < -0.4 is 15.7 Å². The molecule has 1 N–H and O–H groups in total. The minimum Gasteiger partial charge on any atom is -0.496 e. The molecule has 0 bridgehead atoms. The minimum absolute atomic E-state index is 0.149. The van der Waals surface area contributed by atoms with Gasteiger partial charge in [-0.3, -0.25) is 14.3 Å². The van der Waals surface area contributed by atoms with Crippen LogP contribution in [0, 0.1) is 24.3 Å². The molecule has 0 aliphatic heterocycles. The second-order valence-electron chi connectivity index (χ2n) is 7.48. The van der Waals surface area contributed by atoms with E-state index in [1.807, 2.05) is 48.9 Å². The van der Waals surface area contributed by atoms with E-state index in [-0.39, 0.29) is 11.5 Å². The number of hydrogen-bond acceptors (Lipinski definition) is 5. The maximum absolute atomic E-state index is 13.2. The molecular weight excluding hydrogens is 533 g/mol. The van der Waals surface area contributed by atoms with Crippen LogP contribution in [0.3, 0.4) is 0 Å². The van der Waals surface area contributed by atoms with E-state index in [0.29, 0.717) is 28.0 Å². The number of amides is 1. The van der Waals surface area contributed by atoms with Gasteiger partial charge in [0.25, 0.3) is 11.5 Å². The largest absolute Gasteiger partial charge is 0.496 e. The van der Waals surface area contributed by atoms with Gasteiger partial charge in [-0.1, -0.05) is 12.1 Å². The number of hydrazone groups is 1. The number of halogens is 1. The molecule has 0 atom stereocenters. The van der Waals surface area contributed by atoms with Gasteiger partial charge in [0.15, 0.2) is 0 Å². The third-order valence-corrected chi connectivity index (χ3v) is 6.22. The number of ether oxygens (including phenoxy) is 1. The number of fused-ring (bicyclic) bond motifs is 1. The first-order valence-corrected chi connectivity index (χ1v) is 11.2. The van der Waals surface area contributed by atoms with Gasteiger partial charge in [-0.25, -0.2) is 10.4 Å². The molecule has 33 heavy (non-hydrogen) atoms. The van der Waals surface area contributed by atoms with Crippen LogP contribution in [0.2, 0.25) is 0 Å². The molecule has 1 amide bonds. The summed E-state index contributed by atoms with van der Waals surface area (Å²) in [6.45, 7) is 5.60. The summed E-state index contributed by atoms with van der Waals surface area (Å²) in [6, 6.07) is 14.4. The van der Waals surface area contributed by atoms with Crippen molar-refractivity contribution in [3.8, 4) is 5.75 Å². The fourth-order valence-electron chi connectivity index (χ4n) is 3.71. The summed E-state index contributed by atoms with van der Waals surface area (Å²) in [5.74, 6) is 0.853. The van der Waals surface area contributed by atoms with Crippen LogP contribution in [0.4, 0.5) is 0 Å². The molecule has 0 radical (unpaired) electrons. The summed E-state index contributed by atoms with van der Waals surface area (Å²) >= 11 is 2.14. The van der Waals surface area contributed by atoms with Crippen LogP contribution in [0.1, 0.15) is 33.1 Å². The molecule has 0 spiro atoms. The normalized spacial score (nSPS) is 11.3. The van der Waals surface area contributed by atoms with Crippen molar-refractivity contribution >= 4 is 45.6 Å². The number of carbonyl (C=O) groups is 1. The van der Waals surface area contributed by atoms with Crippen molar-refractivity contribution in [3.63, 3.8) is 0 Å². The Balaban J connectivity index is 1.64. The molecule has 4 rings (SSSR count). The second kappa shape index (κ2) is 9.18. The molecule has 4 aromatic rings. The van der Waals surface area contributed by atoms with E-state index in [1.165, 1.54) is 0 Å². The second-order valence-corrected chi connectivity index (χ2v) is 8.64. The fourth-order valence-corrected chi connectivity index (χ4v) is 4.27. The number of carbonyl (C=O) groups excluding carboxylic acids is 1. The maximum Gasteiger partial charge on any atom is 0.280 e. The first-order chi connectivity index (χ1) is 15.8. The lowest BCUT2D eigenvalue weighted by atomic mass is 10.2. The molecule has 9 heteroatoms. The Hall–Kier alpha value is -3.47. The zero-order valence-corrected chi connectivity index (χ0v) is 20.7. The molecule has 8 nitrogen and oxygen atoms in total. The topological polar surface area (TPSA) is 90.5 Å². The van der Waals surface area contributed by atoms with Crippen molar-refractivity contribution in [1.29, 1.82) is 0 Å². The summed E-state index contributed by atoms with van der Waals surface area (Å²) < 4.78 is 9.55. The summed E-state index contributed by atoms with van der Waals surface area (Å²) in [7, 11) is 1.56. The Bertz CT molecular complexity index is 1470. The first-order valence-electron chi connectivity index (χ1n) is 10.2. The molecule has 2 heterocycles. The van der Waals surface area contributed by atoms with E-state index in [1.54, 1.807) is 43.1 Å².